The molecule has 0 aliphatic carbocycles. The van der Waals surface area contributed by atoms with Crippen molar-refractivity contribution < 1.29 is 9.53 Å². The fourth-order valence-corrected chi connectivity index (χ4v) is 2.21. The molecule has 5 heteroatoms. The van der Waals surface area contributed by atoms with E-state index in [1.807, 2.05) is 43.3 Å². The topological polar surface area (TPSA) is 51.2 Å². The van der Waals surface area contributed by atoms with E-state index in [1.54, 1.807) is 19.3 Å². The molecule has 21 heavy (non-hydrogen) atoms. The number of carbonyl (C=O) groups excluding carboxylic acids is 1. The van der Waals surface area contributed by atoms with Crippen molar-refractivity contribution in [2.75, 3.05) is 0 Å². The average Bonchev–Trinajstić information content (AvgIpc) is 2.50. The molecular weight excluding hydrogens is 332 g/mol. The molecule has 0 spiro atoms. The molecule has 0 fully saturated rings. The summed E-state index contributed by atoms with van der Waals surface area (Å²) in [5.74, 6) is 0.483. The number of carbonyl (C=O) groups is 1. The van der Waals surface area contributed by atoms with Gasteiger partial charge in [-0.05, 0) is 53.5 Å². The number of nitrogens with zero attached hydrogens (tertiary/aromatic N) is 1. The number of para-hydroxylation sites is 1. The van der Waals surface area contributed by atoms with E-state index < -0.39 is 6.10 Å². The van der Waals surface area contributed by atoms with Gasteiger partial charge in [0, 0.05) is 12.4 Å². The van der Waals surface area contributed by atoms with Crippen molar-refractivity contribution in [1.29, 1.82) is 0 Å². The van der Waals surface area contributed by atoms with Crippen molar-refractivity contribution in [1.82, 2.24) is 10.3 Å². The summed E-state index contributed by atoms with van der Waals surface area (Å²) in [5, 5.41) is 2.92. The van der Waals surface area contributed by atoms with Crippen LogP contribution in [0.15, 0.2) is 53.3 Å². The molecule has 0 unspecified atom stereocenters. The van der Waals surface area contributed by atoms with Gasteiger partial charge >= 0.3 is 0 Å². The van der Waals surface area contributed by atoms with Crippen LogP contribution in [0.25, 0.3) is 0 Å². The van der Waals surface area contributed by atoms with Gasteiger partial charge in [-0.1, -0.05) is 18.2 Å². The van der Waals surface area contributed by atoms with Crippen LogP contribution in [0.3, 0.4) is 0 Å². The molecule has 2 aromatic rings. The lowest BCUT2D eigenvalue weighted by molar-refractivity contribution is -0.127. The number of aromatic nitrogens is 1. The van der Waals surface area contributed by atoms with Gasteiger partial charge in [0.25, 0.3) is 5.91 Å². The Labute approximate surface area is 132 Å². The van der Waals surface area contributed by atoms with Crippen LogP contribution in [-0.4, -0.2) is 17.0 Å². The minimum atomic E-state index is -0.581. The third-order valence-corrected chi connectivity index (χ3v) is 3.71. The average molecular weight is 349 g/mol. The van der Waals surface area contributed by atoms with E-state index in [9.17, 15) is 4.79 Å². The Balaban J connectivity index is 1.95. The minimum absolute atomic E-state index is 0.114. The highest BCUT2D eigenvalue weighted by atomic mass is 79.9. The van der Waals surface area contributed by atoms with Crippen LogP contribution in [0.5, 0.6) is 5.75 Å². The van der Waals surface area contributed by atoms with Crippen molar-refractivity contribution in [3.05, 3.63) is 58.8 Å². The molecule has 1 N–H and O–H groups in total. The van der Waals surface area contributed by atoms with Gasteiger partial charge in [-0.15, -0.1) is 0 Å². The van der Waals surface area contributed by atoms with Crippen LogP contribution in [0, 0.1) is 0 Å². The summed E-state index contributed by atoms with van der Waals surface area (Å²) in [7, 11) is 0. The Kier molecular flexibility index (Phi) is 5.33. The highest BCUT2D eigenvalue weighted by molar-refractivity contribution is 9.10. The zero-order valence-electron chi connectivity index (χ0n) is 11.9. The first-order valence-electron chi connectivity index (χ1n) is 6.69. The van der Waals surface area contributed by atoms with Gasteiger partial charge in [-0.2, -0.15) is 0 Å². The number of rotatable bonds is 5. The summed E-state index contributed by atoms with van der Waals surface area (Å²) in [6.45, 7) is 3.64. The van der Waals surface area contributed by atoms with E-state index in [1.165, 1.54) is 0 Å². The SMILES string of the molecule is C[C@@H](Oc1ccccc1Br)C(=O)N[C@H](C)c1cccnc1. The molecule has 2 atom stereocenters. The van der Waals surface area contributed by atoms with E-state index in [2.05, 4.69) is 26.2 Å². The van der Waals surface area contributed by atoms with Crippen molar-refractivity contribution in [2.24, 2.45) is 0 Å². The molecule has 2 rings (SSSR count). The molecule has 1 aromatic carbocycles. The second-order valence-electron chi connectivity index (χ2n) is 4.71. The quantitative estimate of drug-likeness (QED) is 0.899. The van der Waals surface area contributed by atoms with Crippen LogP contribution >= 0.6 is 15.9 Å². The third kappa shape index (κ3) is 4.29. The van der Waals surface area contributed by atoms with E-state index in [4.69, 9.17) is 4.74 Å². The Morgan fingerprint density at radius 1 is 1.24 bits per heavy atom. The zero-order chi connectivity index (χ0) is 15.2. The number of pyridine rings is 1. The molecule has 0 aliphatic rings. The molecule has 0 aliphatic heterocycles. The lowest BCUT2D eigenvalue weighted by Crippen LogP contribution is -2.37. The van der Waals surface area contributed by atoms with Gasteiger partial charge in [0.05, 0.1) is 10.5 Å². The number of halogens is 1. The van der Waals surface area contributed by atoms with Gasteiger partial charge in [0.1, 0.15) is 5.75 Å². The fourth-order valence-electron chi connectivity index (χ4n) is 1.83. The first-order chi connectivity index (χ1) is 10.1. The normalized spacial score (nSPS) is 13.3. The predicted octanol–water partition coefficient (Wildman–Crippen LogP) is 3.49. The van der Waals surface area contributed by atoms with E-state index in [0.717, 1.165) is 10.0 Å². The number of nitrogens with one attached hydrogen (secondary N) is 1. The predicted molar refractivity (Wildman–Crippen MR) is 85.0 cm³/mol. The fraction of sp³-hybridized carbons (Fsp3) is 0.250. The van der Waals surface area contributed by atoms with Gasteiger partial charge in [0.15, 0.2) is 6.10 Å². The largest absolute Gasteiger partial charge is 0.480 e. The van der Waals surface area contributed by atoms with Crippen LogP contribution < -0.4 is 10.1 Å². The number of amides is 1. The Morgan fingerprint density at radius 3 is 2.67 bits per heavy atom. The number of ether oxygens (including phenoxy) is 1. The maximum atomic E-state index is 12.2. The van der Waals surface area contributed by atoms with Crippen LogP contribution in [0.4, 0.5) is 0 Å². The Bertz CT molecular complexity index is 604. The van der Waals surface area contributed by atoms with Crippen molar-refractivity contribution in [3.8, 4) is 5.75 Å². The van der Waals surface area contributed by atoms with Gasteiger partial charge in [0.2, 0.25) is 0 Å². The van der Waals surface area contributed by atoms with Crippen molar-refractivity contribution >= 4 is 21.8 Å². The van der Waals surface area contributed by atoms with Crippen LogP contribution in [-0.2, 0) is 4.79 Å². The molecule has 0 radical (unpaired) electrons. The van der Waals surface area contributed by atoms with E-state index >= 15 is 0 Å². The maximum Gasteiger partial charge on any atom is 0.261 e. The molecule has 0 saturated carbocycles. The third-order valence-electron chi connectivity index (χ3n) is 3.05. The molecule has 1 aromatic heterocycles. The zero-order valence-corrected chi connectivity index (χ0v) is 13.5. The van der Waals surface area contributed by atoms with Crippen molar-refractivity contribution in [2.45, 2.75) is 26.0 Å². The summed E-state index contributed by atoms with van der Waals surface area (Å²) >= 11 is 3.40. The minimum Gasteiger partial charge on any atom is -0.480 e. The molecule has 1 amide bonds. The molecule has 0 saturated heterocycles. The molecule has 1 heterocycles. The molecule has 0 bridgehead atoms. The maximum absolute atomic E-state index is 12.2. The number of benzene rings is 1. The summed E-state index contributed by atoms with van der Waals surface area (Å²) in [6.07, 6.45) is 2.86. The first kappa shape index (κ1) is 15.5. The standard InChI is InChI=1S/C16H17BrN2O2/c1-11(13-6-5-9-18-10-13)19-16(20)12(2)21-15-8-4-3-7-14(15)17/h3-12H,1-2H3,(H,19,20)/t11-,12-/m1/s1. The summed E-state index contributed by atoms with van der Waals surface area (Å²) in [4.78, 5) is 16.2. The molecular formula is C16H17BrN2O2. The van der Waals surface area contributed by atoms with Crippen molar-refractivity contribution in [3.63, 3.8) is 0 Å². The number of hydrogen-bond acceptors (Lipinski definition) is 3. The Morgan fingerprint density at radius 2 is 2.00 bits per heavy atom. The van der Waals surface area contributed by atoms with Gasteiger partial charge in [-0.3, -0.25) is 9.78 Å². The number of hydrogen-bond donors (Lipinski definition) is 1. The Hall–Kier alpha value is -1.88. The highest BCUT2D eigenvalue weighted by Crippen LogP contribution is 2.25. The monoisotopic (exact) mass is 348 g/mol. The second-order valence-corrected chi connectivity index (χ2v) is 5.56. The van der Waals surface area contributed by atoms with Crippen LogP contribution in [0.1, 0.15) is 25.5 Å². The van der Waals surface area contributed by atoms with E-state index in [-0.39, 0.29) is 11.9 Å². The second kappa shape index (κ2) is 7.22. The molecule has 110 valence electrons. The summed E-state index contributed by atoms with van der Waals surface area (Å²) < 4.78 is 6.49. The van der Waals surface area contributed by atoms with Gasteiger partial charge < -0.3 is 10.1 Å². The molecule has 4 nitrogen and oxygen atoms in total. The van der Waals surface area contributed by atoms with Crippen LogP contribution in [0.2, 0.25) is 0 Å². The lowest BCUT2D eigenvalue weighted by atomic mass is 10.1. The first-order valence-corrected chi connectivity index (χ1v) is 7.48. The van der Waals surface area contributed by atoms with E-state index in [0.29, 0.717) is 5.75 Å². The highest BCUT2D eigenvalue weighted by Gasteiger charge is 2.18. The summed E-state index contributed by atoms with van der Waals surface area (Å²) in [6, 6.07) is 11.1. The summed E-state index contributed by atoms with van der Waals surface area (Å²) in [5.41, 5.74) is 0.957. The lowest BCUT2D eigenvalue weighted by Gasteiger charge is -2.19. The van der Waals surface area contributed by atoms with Gasteiger partial charge in [-0.25, -0.2) is 0 Å². The smallest absolute Gasteiger partial charge is 0.261 e.